The Bertz CT molecular complexity index is 454. The maximum absolute atomic E-state index is 6.07. The summed E-state index contributed by atoms with van der Waals surface area (Å²) < 4.78 is 5.65. The summed E-state index contributed by atoms with van der Waals surface area (Å²) in [4.78, 5) is 4.43. The van der Waals surface area contributed by atoms with Gasteiger partial charge >= 0.3 is 0 Å². The van der Waals surface area contributed by atoms with Crippen molar-refractivity contribution in [2.75, 3.05) is 0 Å². The van der Waals surface area contributed by atoms with E-state index in [0.717, 1.165) is 35.7 Å². The Kier molecular flexibility index (Phi) is 2.40. The lowest BCUT2D eigenvalue weighted by Crippen LogP contribution is -2.23. The molecule has 16 heavy (non-hydrogen) atoms. The topological polar surface area (TPSA) is 52.0 Å². The van der Waals surface area contributed by atoms with Gasteiger partial charge in [0.1, 0.15) is 5.52 Å². The maximum Gasteiger partial charge on any atom is 0.197 e. The highest BCUT2D eigenvalue weighted by Gasteiger charge is 2.24. The third-order valence-electron chi connectivity index (χ3n) is 3.11. The Balaban J connectivity index is 1.72. The highest BCUT2D eigenvalue weighted by molar-refractivity contribution is 5.72. The Hall–Kier alpha value is -1.35. The second kappa shape index (κ2) is 3.91. The average Bonchev–Trinajstić information content (AvgIpc) is 2.97. The molecular weight excluding hydrogens is 200 g/mol. The molecule has 0 amide bonds. The first-order chi connectivity index (χ1) is 7.81. The van der Waals surface area contributed by atoms with Crippen molar-refractivity contribution >= 4 is 11.1 Å². The molecule has 2 N–H and O–H groups in total. The molecule has 0 bridgehead atoms. The molecule has 1 aromatic heterocycles. The summed E-state index contributed by atoms with van der Waals surface area (Å²) in [6.07, 6.45) is 4.56. The van der Waals surface area contributed by atoms with Crippen molar-refractivity contribution in [3.63, 3.8) is 0 Å². The summed E-state index contributed by atoms with van der Waals surface area (Å²) in [7, 11) is 0. The van der Waals surface area contributed by atoms with Gasteiger partial charge in [-0.2, -0.15) is 0 Å². The second-order valence-electron chi connectivity index (χ2n) is 4.72. The standard InChI is InChI=1S/C13H16N2O/c14-10(7-9-5-6-9)8-13-15-11-3-1-2-4-12(11)16-13/h1-4,9-10H,5-8,14H2. The van der Waals surface area contributed by atoms with Crippen LogP contribution in [0.5, 0.6) is 0 Å². The van der Waals surface area contributed by atoms with E-state index in [0.29, 0.717) is 0 Å². The number of aromatic nitrogens is 1. The van der Waals surface area contributed by atoms with Crippen molar-refractivity contribution < 1.29 is 4.42 Å². The molecular formula is C13H16N2O. The first kappa shape index (κ1) is 9.85. The molecule has 3 rings (SSSR count). The van der Waals surface area contributed by atoms with Crippen LogP contribution in [0.15, 0.2) is 28.7 Å². The number of rotatable bonds is 4. The van der Waals surface area contributed by atoms with Gasteiger partial charge in [0.2, 0.25) is 0 Å². The first-order valence-corrected chi connectivity index (χ1v) is 5.91. The zero-order chi connectivity index (χ0) is 11.0. The third kappa shape index (κ3) is 2.09. The SMILES string of the molecule is NC(Cc1nc2ccccc2o1)CC1CC1. The number of benzene rings is 1. The number of nitrogens with two attached hydrogens (primary N) is 1. The van der Waals surface area contributed by atoms with Gasteiger partial charge in [-0.15, -0.1) is 0 Å². The van der Waals surface area contributed by atoms with Gasteiger partial charge < -0.3 is 10.2 Å². The molecule has 0 saturated heterocycles. The second-order valence-corrected chi connectivity index (χ2v) is 4.72. The minimum atomic E-state index is 0.195. The summed E-state index contributed by atoms with van der Waals surface area (Å²) in [5, 5.41) is 0. The van der Waals surface area contributed by atoms with Gasteiger partial charge in [-0.05, 0) is 24.5 Å². The summed E-state index contributed by atoms with van der Waals surface area (Å²) in [5.74, 6) is 1.63. The predicted octanol–water partition coefficient (Wildman–Crippen LogP) is 2.50. The first-order valence-electron chi connectivity index (χ1n) is 5.91. The van der Waals surface area contributed by atoms with E-state index in [-0.39, 0.29) is 6.04 Å². The van der Waals surface area contributed by atoms with Crippen molar-refractivity contribution in [1.29, 1.82) is 0 Å². The largest absolute Gasteiger partial charge is 0.441 e. The number of hydrogen-bond acceptors (Lipinski definition) is 3. The molecule has 1 unspecified atom stereocenters. The van der Waals surface area contributed by atoms with Crippen molar-refractivity contribution in [2.45, 2.75) is 31.7 Å². The van der Waals surface area contributed by atoms with E-state index in [1.807, 2.05) is 24.3 Å². The Morgan fingerprint density at radius 2 is 2.19 bits per heavy atom. The molecule has 1 fully saturated rings. The van der Waals surface area contributed by atoms with Gasteiger partial charge in [-0.3, -0.25) is 0 Å². The molecule has 1 saturated carbocycles. The van der Waals surface area contributed by atoms with Gasteiger partial charge in [0.05, 0.1) is 0 Å². The van der Waals surface area contributed by atoms with E-state index in [1.54, 1.807) is 0 Å². The monoisotopic (exact) mass is 216 g/mol. The van der Waals surface area contributed by atoms with Crippen LogP contribution in [0.1, 0.15) is 25.2 Å². The fraction of sp³-hybridized carbons (Fsp3) is 0.462. The van der Waals surface area contributed by atoms with Crippen LogP contribution >= 0.6 is 0 Å². The van der Waals surface area contributed by atoms with Crippen molar-refractivity contribution in [2.24, 2.45) is 11.7 Å². The minimum Gasteiger partial charge on any atom is -0.441 e. The van der Waals surface area contributed by atoms with Crippen LogP contribution in [0, 0.1) is 5.92 Å². The molecule has 1 atom stereocenters. The third-order valence-corrected chi connectivity index (χ3v) is 3.11. The predicted molar refractivity (Wildman–Crippen MR) is 63.0 cm³/mol. The highest BCUT2D eigenvalue weighted by Crippen LogP contribution is 2.33. The molecule has 1 aromatic carbocycles. The van der Waals surface area contributed by atoms with E-state index in [9.17, 15) is 0 Å². The van der Waals surface area contributed by atoms with E-state index in [2.05, 4.69) is 4.98 Å². The molecule has 84 valence electrons. The lowest BCUT2D eigenvalue weighted by atomic mass is 10.1. The molecule has 0 radical (unpaired) electrons. The molecule has 0 spiro atoms. The van der Waals surface area contributed by atoms with Gasteiger partial charge in [0.25, 0.3) is 0 Å². The van der Waals surface area contributed by atoms with E-state index in [4.69, 9.17) is 10.2 Å². The summed E-state index contributed by atoms with van der Waals surface area (Å²) in [6, 6.07) is 8.04. The van der Waals surface area contributed by atoms with Crippen LogP contribution in [-0.2, 0) is 6.42 Å². The van der Waals surface area contributed by atoms with Gasteiger partial charge in [-0.1, -0.05) is 25.0 Å². The summed E-state index contributed by atoms with van der Waals surface area (Å²) in [5.41, 5.74) is 7.85. The minimum absolute atomic E-state index is 0.195. The number of para-hydroxylation sites is 2. The Labute approximate surface area is 94.7 Å². The van der Waals surface area contributed by atoms with E-state index in [1.165, 1.54) is 12.8 Å². The fourth-order valence-electron chi connectivity index (χ4n) is 2.10. The highest BCUT2D eigenvalue weighted by atomic mass is 16.3. The fourth-order valence-corrected chi connectivity index (χ4v) is 2.10. The number of oxazole rings is 1. The van der Waals surface area contributed by atoms with Crippen LogP contribution in [0.2, 0.25) is 0 Å². The molecule has 3 heteroatoms. The van der Waals surface area contributed by atoms with Crippen LogP contribution in [0.4, 0.5) is 0 Å². The van der Waals surface area contributed by atoms with Gasteiger partial charge in [0, 0.05) is 12.5 Å². The smallest absolute Gasteiger partial charge is 0.197 e. The molecule has 0 aliphatic heterocycles. The van der Waals surface area contributed by atoms with Crippen LogP contribution in [0.3, 0.4) is 0 Å². The van der Waals surface area contributed by atoms with Crippen LogP contribution < -0.4 is 5.73 Å². The van der Waals surface area contributed by atoms with Crippen LogP contribution in [-0.4, -0.2) is 11.0 Å². The van der Waals surface area contributed by atoms with Crippen molar-refractivity contribution in [1.82, 2.24) is 4.98 Å². The van der Waals surface area contributed by atoms with Gasteiger partial charge in [-0.25, -0.2) is 4.98 Å². The van der Waals surface area contributed by atoms with Gasteiger partial charge in [0.15, 0.2) is 11.5 Å². The Morgan fingerprint density at radius 1 is 1.38 bits per heavy atom. The molecule has 1 heterocycles. The zero-order valence-electron chi connectivity index (χ0n) is 9.23. The maximum atomic E-state index is 6.07. The molecule has 1 aliphatic rings. The quantitative estimate of drug-likeness (QED) is 0.854. The van der Waals surface area contributed by atoms with Crippen molar-refractivity contribution in [3.8, 4) is 0 Å². The molecule has 3 nitrogen and oxygen atoms in total. The number of hydrogen-bond donors (Lipinski definition) is 1. The Morgan fingerprint density at radius 3 is 2.94 bits per heavy atom. The van der Waals surface area contributed by atoms with Crippen molar-refractivity contribution in [3.05, 3.63) is 30.2 Å². The zero-order valence-corrected chi connectivity index (χ0v) is 9.23. The summed E-state index contributed by atoms with van der Waals surface area (Å²) >= 11 is 0. The average molecular weight is 216 g/mol. The normalized spacial score (nSPS) is 17.8. The number of fused-ring (bicyclic) bond motifs is 1. The number of nitrogens with zero attached hydrogens (tertiary/aromatic N) is 1. The van der Waals surface area contributed by atoms with E-state index >= 15 is 0 Å². The summed E-state index contributed by atoms with van der Waals surface area (Å²) in [6.45, 7) is 0. The lowest BCUT2D eigenvalue weighted by Gasteiger charge is -2.06. The lowest BCUT2D eigenvalue weighted by molar-refractivity contribution is 0.472. The van der Waals surface area contributed by atoms with E-state index < -0.39 is 0 Å². The molecule has 2 aromatic rings. The molecule has 1 aliphatic carbocycles. The van der Waals surface area contributed by atoms with Crippen LogP contribution in [0.25, 0.3) is 11.1 Å².